The Kier molecular flexibility index (Phi) is 4.34. The highest BCUT2D eigenvalue weighted by molar-refractivity contribution is 6.01. The summed E-state index contributed by atoms with van der Waals surface area (Å²) in [6.07, 6.45) is 6.96. The zero-order valence-corrected chi connectivity index (χ0v) is 13.8. The van der Waals surface area contributed by atoms with Crippen LogP contribution in [0, 0.1) is 11.8 Å². The number of aromatic nitrogens is 1. The molecule has 3 heterocycles. The highest BCUT2D eigenvalue weighted by Crippen LogP contribution is 2.31. The van der Waals surface area contributed by atoms with E-state index >= 15 is 0 Å². The lowest BCUT2D eigenvalue weighted by Gasteiger charge is -2.27. The van der Waals surface area contributed by atoms with E-state index < -0.39 is 0 Å². The second-order valence-electron chi connectivity index (χ2n) is 6.78. The van der Waals surface area contributed by atoms with Gasteiger partial charge in [0.05, 0.1) is 5.69 Å². The van der Waals surface area contributed by atoms with Crippen LogP contribution in [0.1, 0.15) is 19.3 Å². The molecular formula is C19H23N3O2. The third-order valence-corrected chi connectivity index (χ3v) is 5.37. The van der Waals surface area contributed by atoms with Crippen LogP contribution < -0.4 is 5.32 Å². The van der Waals surface area contributed by atoms with E-state index in [0.29, 0.717) is 11.8 Å². The Balaban J connectivity index is 1.43. The van der Waals surface area contributed by atoms with Gasteiger partial charge in [0.1, 0.15) is 0 Å². The molecule has 2 fully saturated rings. The summed E-state index contributed by atoms with van der Waals surface area (Å²) in [5.74, 6) is 1.33. The van der Waals surface area contributed by atoms with E-state index in [9.17, 15) is 4.79 Å². The summed E-state index contributed by atoms with van der Waals surface area (Å²) in [7, 11) is 0. The molecule has 2 amide bonds. The summed E-state index contributed by atoms with van der Waals surface area (Å²) in [6, 6.07) is 7.86. The van der Waals surface area contributed by atoms with Crippen LogP contribution in [0.15, 0.2) is 36.7 Å². The fourth-order valence-electron chi connectivity index (χ4n) is 3.97. The van der Waals surface area contributed by atoms with Gasteiger partial charge in [0.25, 0.3) is 0 Å². The third-order valence-electron chi connectivity index (χ3n) is 5.37. The van der Waals surface area contributed by atoms with E-state index in [1.54, 1.807) is 6.20 Å². The van der Waals surface area contributed by atoms with Crippen molar-refractivity contribution in [1.29, 1.82) is 0 Å². The highest BCUT2D eigenvalue weighted by atomic mass is 16.5. The number of likely N-dealkylation sites (tertiary alicyclic amines) is 1. The third kappa shape index (κ3) is 3.08. The van der Waals surface area contributed by atoms with Crippen LogP contribution in [0.3, 0.4) is 0 Å². The average molecular weight is 325 g/mol. The van der Waals surface area contributed by atoms with Gasteiger partial charge >= 0.3 is 6.03 Å². The number of ether oxygens (including phenoxy) is 1. The fourth-order valence-corrected chi connectivity index (χ4v) is 3.97. The lowest BCUT2D eigenvalue weighted by Crippen LogP contribution is -2.34. The molecule has 1 unspecified atom stereocenters. The predicted octanol–water partition coefficient (Wildman–Crippen LogP) is 3.52. The normalized spacial score (nSPS) is 22.0. The summed E-state index contributed by atoms with van der Waals surface area (Å²) in [6.45, 7) is 3.46. The maximum atomic E-state index is 12.7. The molecule has 4 rings (SSSR count). The van der Waals surface area contributed by atoms with E-state index in [4.69, 9.17) is 4.74 Å². The Bertz CT molecular complexity index is 722. The molecule has 24 heavy (non-hydrogen) atoms. The van der Waals surface area contributed by atoms with Gasteiger partial charge in [-0.05, 0) is 43.2 Å². The summed E-state index contributed by atoms with van der Waals surface area (Å²) in [4.78, 5) is 18.8. The number of fused-ring (bicyclic) bond motifs is 1. The topological polar surface area (TPSA) is 54.5 Å². The zero-order chi connectivity index (χ0) is 16.4. The maximum absolute atomic E-state index is 12.7. The molecule has 2 aliphatic heterocycles. The van der Waals surface area contributed by atoms with Crippen LogP contribution in [0.5, 0.6) is 0 Å². The Morgan fingerprint density at radius 3 is 2.92 bits per heavy atom. The summed E-state index contributed by atoms with van der Waals surface area (Å²) < 4.78 is 5.46. The number of carbonyl (C=O) groups is 1. The molecule has 1 atom stereocenters. The van der Waals surface area contributed by atoms with Gasteiger partial charge in [-0.2, -0.15) is 0 Å². The zero-order valence-electron chi connectivity index (χ0n) is 13.8. The van der Waals surface area contributed by atoms with E-state index in [2.05, 4.69) is 10.3 Å². The second-order valence-corrected chi connectivity index (χ2v) is 6.78. The van der Waals surface area contributed by atoms with Crippen LogP contribution in [0.4, 0.5) is 10.5 Å². The molecule has 0 aliphatic carbocycles. The van der Waals surface area contributed by atoms with Crippen molar-refractivity contribution in [2.24, 2.45) is 11.8 Å². The Hall–Kier alpha value is -2.14. The fraction of sp³-hybridized carbons (Fsp3) is 0.474. The molecule has 5 nitrogen and oxygen atoms in total. The monoisotopic (exact) mass is 325 g/mol. The standard InChI is InChI=1S/C19H23N3O2/c23-19(21-18-3-1-2-15-12-20-8-4-17(15)18)22-9-5-16(13-22)14-6-10-24-11-7-14/h1-4,8,12,14,16H,5-7,9-11,13H2,(H,21,23). The van der Waals surface area contributed by atoms with Crippen molar-refractivity contribution in [3.05, 3.63) is 36.7 Å². The SMILES string of the molecule is O=C(Nc1cccc2cnccc12)N1CCC(C2CCOCC2)C1. The van der Waals surface area contributed by atoms with Crippen molar-refractivity contribution in [1.82, 2.24) is 9.88 Å². The van der Waals surface area contributed by atoms with E-state index in [0.717, 1.165) is 62.0 Å². The molecule has 2 saturated heterocycles. The minimum atomic E-state index is 0.00821. The van der Waals surface area contributed by atoms with Crippen LogP contribution in [0.2, 0.25) is 0 Å². The van der Waals surface area contributed by atoms with Crippen molar-refractivity contribution < 1.29 is 9.53 Å². The van der Waals surface area contributed by atoms with Crippen molar-refractivity contribution in [3.8, 4) is 0 Å². The van der Waals surface area contributed by atoms with Gasteiger partial charge < -0.3 is 15.0 Å². The number of rotatable bonds is 2. The Morgan fingerprint density at radius 1 is 1.17 bits per heavy atom. The number of nitrogens with one attached hydrogen (secondary N) is 1. The number of nitrogens with zero attached hydrogens (tertiary/aromatic N) is 2. The van der Waals surface area contributed by atoms with Crippen LogP contribution in [0.25, 0.3) is 10.8 Å². The largest absolute Gasteiger partial charge is 0.381 e. The lowest BCUT2D eigenvalue weighted by atomic mass is 9.85. The van der Waals surface area contributed by atoms with Gasteiger partial charge in [0.2, 0.25) is 0 Å². The van der Waals surface area contributed by atoms with E-state index in [-0.39, 0.29) is 6.03 Å². The van der Waals surface area contributed by atoms with Crippen molar-refractivity contribution in [2.75, 3.05) is 31.6 Å². The number of hydrogen-bond acceptors (Lipinski definition) is 3. The van der Waals surface area contributed by atoms with Crippen molar-refractivity contribution in [3.63, 3.8) is 0 Å². The van der Waals surface area contributed by atoms with Gasteiger partial charge in [-0.3, -0.25) is 4.98 Å². The number of amides is 2. The highest BCUT2D eigenvalue weighted by Gasteiger charge is 2.32. The summed E-state index contributed by atoms with van der Waals surface area (Å²) in [5.41, 5.74) is 0.856. The van der Waals surface area contributed by atoms with E-state index in [1.165, 1.54) is 0 Å². The first-order valence-corrected chi connectivity index (χ1v) is 8.77. The molecule has 5 heteroatoms. The smallest absolute Gasteiger partial charge is 0.321 e. The summed E-state index contributed by atoms with van der Waals surface area (Å²) >= 11 is 0. The Labute approximate surface area is 142 Å². The molecule has 1 aromatic carbocycles. The molecule has 0 radical (unpaired) electrons. The molecule has 0 saturated carbocycles. The number of hydrogen-bond donors (Lipinski definition) is 1. The molecule has 1 aromatic heterocycles. The minimum Gasteiger partial charge on any atom is -0.381 e. The average Bonchev–Trinajstić information content (AvgIpc) is 3.13. The molecule has 126 valence electrons. The summed E-state index contributed by atoms with van der Waals surface area (Å²) in [5, 5.41) is 5.15. The number of anilines is 1. The molecule has 0 spiro atoms. The van der Waals surface area contributed by atoms with Gasteiger partial charge in [-0.25, -0.2) is 4.79 Å². The van der Waals surface area contributed by atoms with Gasteiger partial charge in [0.15, 0.2) is 0 Å². The Morgan fingerprint density at radius 2 is 2.04 bits per heavy atom. The number of urea groups is 1. The number of pyridine rings is 1. The van der Waals surface area contributed by atoms with Gasteiger partial charge in [-0.1, -0.05) is 12.1 Å². The van der Waals surface area contributed by atoms with Crippen molar-refractivity contribution >= 4 is 22.5 Å². The molecule has 1 N–H and O–H groups in total. The van der Waals surface area contributed by atoms with Crippen molar-refractivity contribution in [2.45, 2.75) is 19.3 Å². The first-order chi connectivity index (χ1) is 11.8. The first kappa shape index (κ1) is 15.4. The quantitative estimate of drug-likeness (QED) is 0.919. The predicted molar refractivity (Wildman–Crippen MR) is 94.0 cm³/mol. The van der Waals surface area contributed by atoms with E-state index in [1.807, 2.05) is 35.4 Å². The number of carbonyl (C=O) groups excluding carboxylic acids is 1. The second kappa shape index (κ2) is 6.77. The van der Waals surface area contributed by atoms with Crippen LogP contribution >= 0.6 is 0 Å². The minimum absolute atomic E-state index is 0.00821. The lowest BCUT2D eigenvalue weighted by molar-refractivity contribution is 0.0485. The first-order valence-electron chi connectivity index (χ1n) is 8.77. The van der Waals surface area contributed by atoms with Gasteiger partial charge in [0, 0.05) is 49.5 Å². The molecule has 0 bridgehead atoms. The molecule has 2 aromatic rings. The maximum Gasteiger partial charge on any atom is 0.321 e. The molecule has 2 aliphatic rings. The van der Waals surface area contributed by atoms with Gasteiger partial charge in [-0.15, -0.1) is 0 Å². The molecular weight excluding hydrogens is 302 g/mol. The van der Waals surface area contributed by atoms with Crippen LogP contribution in [-0.4, -0.2) is 42.2 Å². The van der Waals surface area contributed by atoms with Crippen LogP contribution in [-0.2, 0) is 4.74 Å². The number of benzene rings is 1.